The van der Waals surface area contributed by atoms with Crippen molar-refractivity contribution in [2.75, 3.05) is 12.8 Å². The Morgan fingerprint density at radius 2 is 2.00 bits per heavy atom. The van der Waals surface area contributed by atoms with Gasteiger partial charge in [0.2, 0.25) is 0 Å². The van der Waals surface area contributed by atoms with Crippen LogP contribution >= 0.6 is 31.9 Å². The summed E-state index contributed by atoms with van der Waals surface area (Å²) in [7, 11) is 1.63. The maximum Gasteiger partial charge on any atom is 0.144 e. The molecule has 0 amide bonds. The van der Waals surface area contributed by atoms with E-state index in [-0.39, 0.29) is 0 Å². The number of benzene rings is 1. The number of methoxy groups -OCH3 is 1. The molecule has 2 rings (SSSR count). The summed E-state index contributed by atoms with van der Waals surface area (Å²) in [6.45, 7) is 2.05. The number of halogens is 2. The Labute approximate surface area is 117 Å². The van der Waals surface area contributed by atoms with Gasteiger partial charge in [0.05, 0.1) is 22.5 Å². The van der Waals surface area contributed by atoms with Crippen LogP contribution in [0.5, 0.6) is 5.75 Å². The minimum absolute atomic E-state index is 0.686. The number of ether oxygens (including phenoxy) is 1. The number of nitrogen functional groups attached to an aromatic ring is 1. The second kappa shape index (κ2) is 4.82. The number of hydrogen-bond donors (Lipinski definition) is 1. The van der Waals surface area contributed by atoms with Crippen molar-refractivity contribution >= 4 is 48.5 Å². The number of rotatable bonds is 2. The van der Waals surface area contributed by atoms with Crippen LogP contribution in [0.2, 0.25) is 0 Å². The first-order valence-electron chi connectivity index (χ1n) is 5.19. The average Bonchev–Trinajstić information content (AvgIpc) is 2.30. The predicted octanol–water partition coefficient (Wildman–Crippen LogP) is 3.91. The molecule has 0 bridgehead atoms. The van der Waals surface area contributed by atoms with E-state index < -0.39 is 0 Å². The van der Waals surface area contributed by atoms with Crippen molar-refractivity contribution in [2.45, 2.75) is 13.3 Å². The van der Waals surface area contributed by atoms with Gasteiger partial charge in [-0.25, -0.2) is 0 Å². The second-order valence-corrected chi connectivity index (χ2v) is 5.36. The molecule has 1 heterocycles. The summed E-state index contributed by atoms with van der Waals surface area (Å²) in [5.74, 6) is 0.718. The van der Waals surface area contributed by atoms with Gasteiger partial charge in [-0.15, -0.1) is 0 Å². The van der Waals surface area contributed by atoms with Crippen molar-refractivity contribution in [1.29, 1.82) is 0 Å². The Bertz CT molecular complexity index is 584. The van der Waals surface area contributed by atoms with Gasteiger partial charge in [-0.3, -0.25) is 4.98 Å². The molecule has 0 fully saturated rings. The smallest absolute Gasteiger partial charge is 0.144 e. The third kappa shape index (κ3) is 2.13. The number of fused-ring (bicyclic) bond motifs is 1. The molecule has 0 aliphatic carbocycles. The molecular formula is C12H12Br2N2O. The highest BCUT2D eigenvalue weighted by Gasteiger charge is 2.14. The van der Waals surface area contributed by atoms with Crippen LogP contribution in [0.15, 0.2) is 21.1 Å². The fourth-order valence-electron chi connectivity index (χ4n) is 1.78. The molecule has 0 saturated heterocycles. The number of anilines is 1. The number of nitrogens with zero attached hydrogens (tertiary/aromatic N) is 1. The Morgan fingerprint density at radius 1 is 1.29 bits per heavy atom. The van der Waals surface area contributed by atoms with Gasteiger partial charge in [-0.05, 0) is 50.4 Å². The zero-order chi connectivity index (χ0) is 12.6. The molecule has 90 valence electrons. The van der Waals surface area contributed by atoms with Gasteiger partial charge < -0.3 is 10.5 Å². The minimum atomic E-state index is 0.686. The Kier molecular flexibility index (Phi) is 3.58. The van der Waals surface area contributed by atoms with E-state index in [9.17, 15) is 0 Å². The number of aromatic nitrogens is 1. The van der Waals surface area contributed by atoms with E-state index in [4.69, 9.17) is 10.5 Å². The zero-order valence-electron chi connectivity index (χ0n) is 9.55. The van der Waals surface area contributed by atoms with E-state index >= 15 is 0 Å². The lowest BCUT2D eigenvalue weighted by molar-refractivity contribution is 0.417. The largest absolute Gasteiger partial charge is 0.495 e. The SMILES string of the molecule is CCc1cc(N)c2c(OC)c(Br)cc(Br)c2n1. The Morgan fingerprint density at radius 3 is 2.59 bits per heavy atom. The van der Waals surface area contributed by atoms with Gasteiger partial charge in [0, 0.05) is 15.9 Å². The lowest BCUT2D eigenvalue weighted by atomic mass is 10.1. The molecule has 1 aromatic heterocycles. The maximum absolute atomic E-state index is 6.09. The van der Waals surface area contributed by atoms with E-state index in [1.807, 2.05) is 12.1 Å². The van der Waals surface area contributed by atoms with Crippen LogP contribution in [0.1, 0.15) is 12.6 Å². The molecule has 0 aliphatic rings. The molecule has 0 saturated carbocycles. The predicted molar refractivity (Wildman–Crippen MR) is 77.5 cm³/mol. The molecule has 1 aromatic carbocycles. The normalized spacial score (nSPS) is 10.8. The summed E-state index contributed by atoms with van der Waals surface area (Å²) < 4.78 is 7.14. The van der Waals surface area contributed by atoms with E-state index in [0.29, 0.717) is 5.69 Å². The highest BCUT2D eigenvalue weighted by atomic mass is 79.9. The Balaban J connectivity index is 2.92. The molecule has 5 heteroatoms. The Hall–Kier alpha value is -0.810. The summed E-state index contributed by atoms with van der Waals surface area (Å²) in [4.78, 5) is 4.58. The van der Waals surface area contributed by atoms with Crippen LogP contribution in [-0.4, -0.2) is 12.1 Å². The van der Waals surface area contributed by atoms with Gasteiger partial charge in [-0.2, -0.15) is 0 Å². The van der Waals surface area contributed by atoms with Crippen molar-refractivity contribution in [1.82, 2.24) is 4.98 Å². The molecule has 2 N–H and O–H groups in total. The lowest BCUT2D eigenvalue weighted by Gasteiger charge is -2.12. The van der Waals surface area contributed by atoms with Crippen molar-refractivity contribution in [2.24, 2.45) is 0 Å². The quantitative estimate of drug-likeness (QED) is 0.884. The molecular weight excluding hydrogens is 348 g/mol. The second-order valence-electron chi connectivity index (χ2n) is 3.65. The fraction of sp³-hybridized carbons (Fsp3) is 0.250. The standard InChI is InChI=1S/C12H12Br2N2O/c1-3-6-4-9(15)10-11(16-6)7(13)5-8(14)12(10)17-2/h4-5H,3H2,1-2H3,(H2,15,16). The molecule has 17 heavy (non-hydrogen) atoms. The number of aryl methyl sites for hydroxylation is 1. The van der Waals surface area contributed by atoms with Gasteiger partial charge in [0.15, 0.2) is 0 Å². The molecule has 2 aromatic rings. The van der Waals surface area contributed by atoms with Crippen LogP contribution in [0.4, 0.5) is 5.69 Å². The average molecular weight is 360 g/mol. The minimum Gasteiger partial charge on any atom is -0.495 e. The maximum atomic E-state index is 6.09. The monoisotopic (exact) mass is 358 g/mol. The van der Waals surface area contributed by atoms with Crippen molar-refractivity contribution in [3.05, 3.63) is 26.8 Å². The van der Waals surface area contributed by atoms with Gasteiger partial charge in [0.1, 0.15) is 5.75 Å². The topological polar surface area (TPSA) is 48.1 Å². The highest BCUT2D eigenvalue weighted by molar-refractivity contribution is 9.11. The van der Waals surface area contributed by atoms with Crippen molar-refractivity contribution in [3.63, 3.8) is 0 Å². The van der Waals surface area contributed by atoms with Crippen LogP contribution in [0.3, 0.4) is 0 Å². The summed E-state index contributed by atoms with van der Waals surface area (Å²) in [5, 5.41) is 0.839. The number of pyridine rings is 1. The molecule has 0 unspecified atom stereocenters. The van der Waals surface area contributed by atoms with Crippen LogP contribution in [-0.2, 0) is 6.42 Å². The number of nitrogens with two attached hydrogens (primary N) is 1. The molecule has 3 nitrogen and oxygen atoms in total. The van der Waals surface area contributed by atoms with Gasteiger partial charge in [0.25, 0.3) is 0 Å². The van der Waals surface area contributed by atoms with Crippen molar-refractivity contribution < 1.29 is 4.74 Å². The zero-order valence-corrected chi connectivity index (χ0v) is 12.7. The third-order valence-electron chi connectivity index (χ3n) is 2.59. The molecule has 0 spiro atoms. The van der Waals surface area contributed by atoms with E-state index in [1.54, 1.807) is 7.11 Å². The highest BCUT2D eigenvalue weighted by Crippen LogP contribution is 2.40. The van der Waals surface area contributed by atoms with Crippen LogP contribution < -0.4 is 10.5 Å². The summed E-state index contributed by atoms with van der Waals surface area (Å²) in [6.07, 6.45) is 0.852. The summed E-state index contributed by atoms with van der Waals surface area (Å²) in [5.41, 5.74) is 8.58. The molecule has 0 aliphatic heterocycles. The van der Waals surface area contributed by atoms with Gasteiger partial charge >= 0.3 is 0 Å². The summed E-state index contributed by atoms with van der Waals surface area (Å²) in [6, 6.07) is 3.82. The number of hydrogen-bond acceptors (Lipinski definition) is 3. The van der Waals surface area contributed by atoms with Crippen LogP contribution in [0.25, 0.3) is 10.9 Å². The molecule has 0 atom stereocenters. The van der Waals surface area contributed by atoms with E-state index in [0.717, 1.165) is 37.7 Å². The molecule has 0 radical (unpaired) electrons. The first-order valence-corrected chi connectivity index (χ1v) is 6.78. The van der Waals surface area contributed by atoms with E-state index in [1.165, 1.54) is 0 Å². The van der Waals surface area contributed by atoms with Crippen LogP contribution in [0, 0.1) is 0 Å². The fourth-order valence-corrected chi connectivity index (χ4v) is 3.19. The van der Waals surface area contributed by atoms with Crippen molar-refractivity contribution in [3.8, 4) is 5.75 Å². The van der Waals surface area contributed by atoms with E-state index in [2.05, 4.69) is 43.8 Å². The summed E-state index contributed by atoms with van der Waals surface area (Å²) >= 11 is 6.96. The van der Waals surface area contributed by atoms with Gasteiger partial charge in [-0.1, -0.05) is 6.92 Å². The first-order chi connectivity index (χ1) is 8.08. The lowest BCUT2D eigenvalue weighted by Crippen LogP contribution is -1.98. The third-order valence-corrected chi connectivity index (χ3v) is 3.79. The first kappa shape index (κ1) is 12.6.